The van der Waals surface area contributed by atoms with Gasteiger partial charge >= 0.3 is 0 Å². The Bertz CT molecular complexity index is 687. The summed E-state index contributed by atoms with van der Waals surface area (Å²) in [5.74, 6) is 2.43. The van der Waals surface area contributed by atoms with Gasteiger partial charge < -0.3 is 20.3 Å². The van der Waals surface area contributed by atoms with E-state index in [9.17, 15) is 0 Å². The van der Waals surface area contributed by atoms with Gasteiger partial charge in [0.05, 0.1) is 6.54 Å². The highest BCUT2D eigenvalue weighted by molar-refractivity contribution is 14.0. The molecule has 2 aromatic rings. The predicted octanol–water partition coefficient (Wildman–Crippen LogP) is 1.24. The highest BCUT2D eigenvalue weighted by atomic mass is 127. The van der Waals surface area contributed by atoms with Crippen molar-refractivity contribution in [1.29, 1.82) is 0 Å². The van der Waals surface area contributed by atoms with E-state index in [4.69, 9.17) is 4.74 Å². The fraction of sp³-hybridized carbons (Fsp3) is 0.471. The first-order valence-electron chi connectivity index (χ1n) is 8.23. The number of aryl methyl sites for hydroxylation is 1. The van der Waals surface area contributed by atoms with Crippen LogP contribution in [0.1, 0.15) is 11.4 Å². The summed E-state index contributed by atoms with van der Waals surface area (Å²) < 4.78 is 7.62. The lowest BCUT2D eigenvalue weighted by molar-refractivity contribution is 0.259. The Kier molecular flexibility index (Phi) is 9.96. The molecule has 0 saturated heterocycles. The second-order valence-corrected chi connectivity index (χ2v) is 5.84. The average Bonchev–Trinajstić information content (AvgIpc) is 3.01. The second kappa shape index (κ2) is 11.7. The lowest BCUT2D eigenvalue weighted by Gasteiger charge is -2.16. The zero-order valence-corrected chi connectivity index (χ0v) is 18.1. The standard InChI is InChI=1S/C17H27N7O.HI/c1-18-17(20-12-16-21-13-22-24(16)4)19-11-14-7-5-6-8-15(14)25-10-9-23(2)3;/h5-8,13H,9-12H2,1-4H3,(H2,18,19,20);1H. The number of rotatable bonds is 8. The van der Waals surface area contributed by atoms with Gasteiger partial charge in [-0.15, -0.1) is 24.0 Å². The molecule has 9 heteroatoms. The number of ether oxygens (including phenoxy) is 1. The summed E-state index contributed by atoms with van der Waals surface area (Å²) in [6.07, 6.45) is 1.54. The van der Waals surface area contributed by atoms with E-state index < -0.39 is 0 Å². The summed E-state index contributed by atoms with van der Waals surface area (Å²) in [7, 11) is 7.67. The summed E-state index contributed by atoms with van der Waals surface area (Å²) in [4.78, 5) is 10.5. The molecule has 0 fully saturated rings. The van der Waals surface area contributed by atoms with Gasteiger partial charge in [-0.25, -0.2) is 4.98 Å². The SMILES string of the molecule is CN=C(NCc1ccccc1OCCN(C)C)NCc1ncnn1C.I. The predicted molar refractivity (Wildman–Crippen MR) is 114 cm³/mol. The third-order valence-electron chi connectivity index (χ3n) is 3.66. The van der Waals surface area contributed by atoms with Crippen LogP contribution in [0.5, 0.6) is 5.75 Å². The topological polar surface area (TPSA) is 79.6 Å². The number of likely N-dealkylation sites (N-methyl/N-ethyl adjacent to an activating group) is 1. The molecule has 0 bridgehead atoms. The third-order valence-corrected chi connectivity index (χ3v) is 3.66. The van der Waals surface area contributed by atoms with Crippen LogP contribution in [0.15, 0.2) is 35.6 Å². The van der Waals surface area contributed by atoms with Crippen molar-refractivity contribution in [2.45, 2.75) is 13.1 Å². The molecule has 1 aromatic carbocycles. The van der Waals surface area contributed by atoms with Crippen LogP contribution in [-0.4, -0.2) is 59.9 Å². The van der Waals surface area contributed by atoms with Crippen molar-refractivity contribution in [2.24, 2.45) is 12.0 Å². The molecular weight excluding hydrogens is 445 g/mol. The maximum absolute atomic E-state index is 5.88. The van der Waals surface area contributed by atoms with Gasteiger partial charge in [-0.3, -0.25) is 9.67 Å². The minimum Gasteiger partial charge on any atom is -0.492 e. The lowest BCUT2D eigenvalue weighted by atomic mass is 10.2. The molecule has 0 radical (unpaired) electrons. The van der Waals surface area contributed by atoms with E-state index in [1.54, 1.807) is 11.7 Å². The van der Waals surface area contributed by atoms with Crippen molar-refractivity contribution >= 4 is 29.9 Å². The highest BCUT2D eigenvalue weighted by Gasteiger charge is 2.06. The highest BCUT2D eigenvalue weighted by Crippen LogP contribution is 2.17. The Hall–Kier alpha value is -1.88. The molecule has 144 valence electrons. The molecule has 0 aliphatic rings. The molecule has 8 nitrogen and oxygen atoms in total. The second-order valence-electron chi connectivity index (χ2n) is 5.84. The number of guanidine groups is 1. The largest absolute Gasteiger partial charge is 0.492 e. The minimum atomic E-state index is 0. The lowest BCUT2D eigenvalue weighted by Crippen LogP contribution is -2.37. The number of nitrogens with zero attached hydrogens (tertiary/aromatic N) is 5. The number of halogens is 1. The van der Waals surface area contributed by atoms with Crippen LogP contribution < -0.4 is 15.4 Å². The monoisotopic (exact) mass is 473 g/mol. The van der Waals surface area contributed by atoms with Crippen LogP contribution in [0, 0.1) is 0 Å². The van der Waals surface area contributed by atoms with Gasteiger partial charge in [-0.2, -0.15) is 5.10 Å². The quantitative estimate of drug-likeness (QED) is 0.341. The normalized spacial score (nSPS) is 11.2. The number of nitrogens with one attached hydrogen (secondary N) is 2. The molecule has 0 aliphatic heterocycles. The van der Waals surface area contributed by atoms with Crippen LogP contribution in [0.2, 0.25) is 0 Å². The first-order chi connectivity index (χ1) is 12.1. The molecule has 0 saturated carbocycles. The van der Waals surface area contributed by atoms with Gasteiger partial charge in [0.25, 0.3) is 0 Å². The zero-order chi connectivity index (χ0) is 18.1. The van der Waals surface area contributed by atoms with E-state index in [2.05, 4.69) is 30.6 Å². The Morgan fingerprint density at radius 1 is 1.23 bits per heavy atom. The maximum atomic E-state index is 5.88. The van der Waals surface area contributed by atoms with Gasteiger partial charge in [-0.05, 0) is 20.2 Å². The number of hydrogen-bond acceptors (Lipinski definition) is 5. The molecule has 2 rings (SSSR count). The maximum Gasteiger partial charge on any atom is 0.191 e. The smallest absolute Gasteiger partial charge is 0.191 e. The molecule has 26 heavy (non-hydrogen) atoms. The van der Waals surface area contributed by atoms with Crippen molar-refractivity contribution in [1.82, 2.24) is 30.3 Å². The van der Waals surface area contributed by atoms with Crippen LogP contribution >= 0.6 is 24.0 Å². The summed E-state index contributed by atoms with van der Waals surface area (Å²) >= 11 is 0. The van der Waals surface area contributed by atoms with Crippen LogP contribution in [0.4, 0.5) is 0 Å². The van der Waals surface area contributed by atoms with Crippen LogP contribution in [0.25, 0.3) is 0 Å². The molecule has 0 unspecified atom stereocenters. The number of aromatic nitrogens is 3. The van der Waals surface area contributed by atoms with E-state index in [0.717, 1.165) is 23.7 Å². The molecular formula is C17H28IN7O. The Balaban J connectivity index is 0.00000338. The van der Waals surface area contributed by atoms with Crippen LogP contribution in [0.3, 0.4) is 0 Å². The van der Waals surface area contributed by atoms with E-state index in [-0.39, 0.29) is 24.0 Å². The van der Waals surface area contributed by atoms with Crippen molar-refractivity contribution in [3.8, 4) is 5.75 Å². The van der Waals surface area contributed by atoms with Crippen molar-refractivity contribution < 1.29 is 4.74 Å². The van der Waals surface area contributed by atoms with E-state index in [1.165, 1.54) is 6.33 Å². The first-order valence-corrected chi connectivity index (χ1v) is 8.23. The average molecular weight is 473 g/mol. The number of benzene rings is 1. The summed E-state index contributed by atoms with van der Waals surface area (Å²) in [6.45, 7) is 2.71. The van der Waals surface area contributed by atoms with Gasteiger partial charge in [-0.1, -0.05) is 18.2 Å². The molecule has 0 spiro atoms. The fourth-order valence-corrected chi connectivity index (χ4v) is 2.17. The summed E-state index contributed by atoms with van der Waals surface area (Å²) in [5.41, 5.74) is 1.09. The first kappa shape index (κ1) is 22.2. The number of para-hydroxylation sites is 1. The van der Waals surface area contributed by atoms with E-state index in [0.29, 0.717) is 25.7 Å². The van der Waals surface area contributed by atoms with Gasteiger partial charge in [0.2, 0.25) is 0 Å². The molecule has 1 heterocycles. The molecule has 0 aliphatic carbocycles. The van der Waals surface area contributed by atoms with E-state index >= 15 is 0 Å². The van der Waals surface area contributed by atoms with E-state index in [1.807, 2.05) is 45.4 Å². The van der Waals surface area contributed by atoms with Gasteiger partial charge in [0.1, 0.15) is 24.5 Å². The number of hydrogen-bond donors (Lipinski definition) is 2. The van der Waals surface area contributed by atoms with Crippen molar-refractivity contribution in [2.75, 3.05) is 34.3 Å². The van der Waals surface area contributed by atoms with Gasteiger partial charge in [0, 0.05) is 32.7 Å². The van der Waals surface area contributed by atoms with Crippen molar-refractivity contribution in [3.05, 3.63) is 42.0 Å². The Morgan fingerprint density at radius 3 is 2.62 bits per heavy atom. The molecule has 0 amide bonds. The molecule has 2 N–H and O–H groups in total. The Labute approximate surface area is 172 Å². The van der Waals surface area contributed by atoms with Crippen LogP contribution in [-0.2, 0) is 20.1 Å². The number of aliphatic imine (C=N–C) groups is 1. The summed E-state index contributed by atoms with van der Waals surface area (Å²) in [5, 5.41) is 10.6. The molecule has 1 aromatic heterocycles. The fourth-order valence-electron chi connectivity index (χ4n) is 2.17. The minimum absolute atomic E-state index is 0. The van der Waals surface area contributed by atoms with Crippen molar-refractivity contribution in [3.63, 3.8) is 0 Å². The van der Waals surface area contributed by atoms with Gasteiger partial charge in [0.15, 0.2) is 5.96 Å². The molecule has 0 atom stereocenters. The zero-order valence-electron chi connectivity index (χ0n) is 15.8. The third kappa shape index (κ3) is 7.16. The Morgan fingerprint density at radius 2 is 1.96 bits per heavy atom. The summed E-state index contributed by atoms with van der Waals surface area (Å²) in [6, 6.07) is 8.03.